The zero-order chi connectivity index (χ0) is 17.5. The second-order valence-corrected chi connectivity index (χ2v) is 7.76. The predicted octanol–water partition coefficient (Wildman–Crippen LogP) is 2.15. The predicted molar refractivity (Wildman–Crippen MR) is 97.3 cm³/mol. The van der Waals surface area contributed by atoms with Gasteiger partial charge in [-0.25, -0.2) is 4.98 Å². The highest BCUT2D eigenvalue weighted by Crippen LogP contribution is 2.53. The monoisotopic (exact) mass is 339 g/mol. The van der Waals surface area contributed by atoms with Crippen LogP contribution in [0.2, 0.25) is 0 Å². The van der Waals surface area contributed by atoms with Crippen LogP contribution in [0.4, 0.5) is 0 Å². The van der Waals surface area contributed by atoms with Crippen LogP contribution in [0.3, 0.4) is 0 Å². The van der Waals surface area contributed by atoms with E-state index in [0.717, 1.165) is 37.9 Å². The van der Waals surface area contributed by atoms with Crippen LogP contribution >= 0.6 is 0 Å². The maximum atomic E-state index is 12.6. The first kappa shape index (κ1) is 16.5. The molecule has 1 unspecified atom stereocenters. The molecule has 2 heterocycles. The van der Waals surface area contributed by atoms with Crippen molar-refractivity contribution < 1.29 is 5.11 Å². The van der Waals surface area contributed by atoms with Crippen LogP contribution in [-0.2, 0) is 6.54 Å². The van der Waals surface area contributed by atoms with Crippen molar-refractivity contribution >= 4 is 0 Å². The molecule has 4 rings (SSSR count). The topological polar surface area (TPSA) is 58.4 Å². The SMILES string of the molecule is CN1CCC(O)(Cn2cnc(-c3ccccc3)cc2=O)C2(CCC2)C1. The van der Waals surface area contributed by atoms with Crippen LogP contribution in [0.5, 0.6) is 0 Å². The van der Waals surface area contributed by atoms with Crippen LogP contribution in [0.1, 0.15) is 25.7 Å². The molecule has 1 atom stereocenters. The highest BCUT2D eigenvalue weighted by molar-refractivity contribution is 5.57. The third-order valence-electron chi connectivity index (χ3n) is 6.16. The normalized spacial score (nSPS) is 25.7. The van der Waals surface area contributed by atoms with E-state index in [0.29, 0.717) is 18.7 Å². The van der Waals surface area contributed by atoms with Crippen molar-refractivity contribution in [3.05, 3.63) is 53.1 Å². The molecule has 2 fully saturated rings. The summed E-state index contributed by atoms with van der Waals surface area (Å²) in [6.07, 6.45) is 5.54. The van der Waals surface area contributed by atoms with Gasteiger partial charge in [0.05, 0.1) is 24.2 Å². The Balaban J connectivity index is 1.61. The molecular formula is C20H25N3O2. The number of hydrogen-bond acceptors (Lipinski definition) is 4. The summed E-state index contributed by atoms with van der Waals surface area (Å²) in [6.45, 7) is 2.11. The van der Waals surface area contributed by atoms with Gasteiger partial charge in [-0.3, -0.25) is 9.36 Å². The molecule has 1 saturated heterocycles. The van der Waals surface area contributed by atoms with Crippen LogP contribution in [0.15, 0.2) is 47.5 Å². The molecule has 0 bridgehead atoms. The van der Waals surface area contributed by atoms with Gasteiger partial charge in [0.1, 0.15) is 0 Å². The van der Waals surface area contributed by atoms with Crippen molar-refractivity contribution in [1.82, 2.24) is 14.5 Å². The van der Waals surface area contributed by atoms with E-state index in [2.05, 4.69) is 16.9 Å². The van der Waals surface area contributed by atoms with Gasteiger partial charge in [-0.2, -0.15) is 0 Å². The van der Waals surface area contributed by atoms with Crippen LogP contribution < -0.4 is 5.56 Å². The Labute approximate surface area is 147 Å². The first-order chi connectivity index (χ1) is 12.0. The smallest absolute Gasteiger partial charge is 0.253 e. The molecule has 132 valence electrons. The fraction of sp³-hybridized carbons (Fsp3) is 0.500. The first-order valence-corrected chi connectivity index (χ1v) is 9.04. The highest BCUT2D eigenvalue weighted by atomic mass is 16.3. The Hall–Kier alpha value is -1.98. The molecule has 1 aliphatic carbocycles. The second kappa shape index (κ2) is 6.07. The van der Waals surface area contributed by atoms with Crippen molar-refractivity contribution in [3.63, 3.8) is 0 Å². The Morgan fingerprint density at radius 3 is 2.60 bits per heavy atom. The first-order valence-electron chi connectivity index (χ1n) is 9.04. The van der Waals surface area contributed by atoms with Gasteiger partial charge in [0.25, 0.3) is 5.56 Å². The molecule has 5 nitrogen and oxygen atoms in total. The fourth-order valence-electron chi connectivity index (χ4n) is 4.45. The summed E-state index contributed by atoms with van der Waals surface area (Å²) in [7, 11) is 2.11. The average Bonchev–Trinajstić information content (AvgIpc) is 2.58. The lowest BCUT2D eigenvalue weighted by Gasteiger charge is -2.58. The number of aromatic nitrogens is 2. The average molecular weight is 339 g/mol. The number of aliphatic hydroxyl groups is 1. The van der Waals surface area contributed by atoms with E-state index in [4.69, 9.17) is 0 Å². The van der Waals surface area contributed by atoms with Crippen molar-refractivity contribution in [3.8, 4) is 11.3 Å². The maximum Gasteiger partial charge on any atom is 0.253 e. The van der Waals surface area contributed by atoms with Crippen LogP contribution in [0, 0.1) is 5.41 Å². The molecule has 1 aromatic carbocycles. The highest BCUT2D eigenvalue weighted by Gasteiger charge is 2.56. The zero-order valence-electron chi connectivity index (χ0n) is 14.7. The number of nitrogens with zero attached hydrogens (tertiary/aromatic N) is 3. The van der Waals surface area contributed by atoms with E-state index in [1.807, 2.05) is 30.3 Å². The van der Waals surface area contributed by atoms with Gasteiger partial charge >= 0.3 is 0 Å². The number of piperidine rings is 1. The second-order valence-electron chi connectivity index (χ2n) is 7.76. The van der Waals surface area contributed by atoms with Gasteiger partial charge in [0.2, 0.25) is 0 Å². The minimum Gasteiger partial charge on any atom is -0.387 e. The molecule has 1 aromatic heterocycles. The van der Waals surface area contributed by atoms with Gasteiger partial charge in [0.15, 0.2) is 0 Å². The quantitative estimate of drug-likeness (QED) is 0.931. The van der Waals surface area contributed by atoms with E-state index < -0.39 is 5.60 Å². The van der Waals surface area contributed by atoms with E-state index in [-0.39, 0.29) is 11.0 Å². The van der Waals surface area contributed by atoms with Crippen molar-refractivity contribution in [2.24, 2.45) is 5.41 Å². The summed E-state index contributed by atoms with van der Waals surface area (Å²) in [5.41, 5.74) is 0.612. The molecule has 2 aliphatic rings. The molecule has 1 N–H and O–H groups in total. The third-order valence-corrected chi connectivity index (χ3v) is 6.16. The van der Waals surface area contributed by atoms with Crippen molar-refractivity contribution in [2.75, 3.05) is 20.1 Å². The summed E-state index contributed by atoms with van der Waals surface area (Å²) in [5, 5.41) is 11.4. The molecule has 1 aliphatic heterocycles. The standard InChI is InChI=1S/C20H25N3O2/c1-22-11-10-20(25,19(13-22)8-5-9-19)14-23-15-21-17(12-18(23)24)16-6-3-2-4-7-16/h2-4,6-7,12,15,25H,5,8-11,13-14H2,1H3. The number of rotatable bonds is 3. The van der Waals surface area contributed by atoms with Crippen LogP contribution in [-0.4, -0.2) is 45.3 Å². The van der Waals surface area contributed by atoms with Crippen molar-refractivity contribution in [2.45, 2.75) is 37.8 Å². The minimum absolute atomic E-state index is 0.0719. The molecular weight excluding hydrogens is 314 g/mol. The summed E-state index contributed by atoms with van der Waals surface area (Å²) in [6, 6.07) is 11.3. The summed E-state index contributed by atoms with van der Waals surface area (Å²) < 4.78 is 1.58. The van der Waals surface area contributed by atoms with Gasteiger partial charge in [-0.05, 0) is 26.3 Å². The number of benzene rings is 1. The van der Waals surface area contributed by atoms with E-state index in [1.165, 1.54) is 0 Å². The summed E-state index contributed by atoms with van der Waals surface area (Å²) in [4.78, 5) is 19.4. The largest absolute Gasteiger partial charge is 0.387 e. The lowest BCUT2D eigenvalue weighted by Crippen LogP contribution is -2.64. The zero-order valence-corrected chi connectivity index (χ0v) is 14.7. The number of likely N-dealkylation sites (tertiary alicyclic amines) is 1. The summed E-state index contributed by atoms with van der Waals surface area (Å²) in [5.74, 6) is 0. The van der Waals surface area contributed by atoms with E-state index >= 15 is 0 Å². The number of hydrogen-bond donors (Lipinski definition) is 1. The van der Waals surface area contributed by atoms with Gasteiger partial charge in [-0.1, -0.05) is 36.8 Å². The lowest BCUT2D eigenvalue weighted by atomic mass is 9.56. The molecule has 1 saturated carbocycles. The van der Waals surface area contributed by atoms with Gasteiger partial charge in [-0.15, -0.1) is 0 Å². The Kier molecular flexibility index (Phi) is 4.01. The third kappa shape index (κ3) is 2.81. The minimum atomic E-state index is -0.822. The molecule has 5 heteroatoms. The Morgan fingerprint density at radius 1 is 1.20 bits per heavy atom. The van der Waals surface area contributed by atoms with Gasteiger partial charge < -0.3 is 10.0 Å². The van der Waals surface area contributed by atoms with Gasteiger partial charge in [0, 0.05) is 30.1 Å². The fourth-order valence-corrected chi connectivity index (χ4v) is 4.45. The summed E-state index contributed by atoms with van der Waals surface area (Å²) >= 11 is 0. The van der Waals surface area contributed by atoms with E-state index in [1.54, 1.807) is 17.0 Å². The molecule has 2 aromatic rings. The maximum absolute atomic E-state index is 12.6. The Morgan fingerprint density at radius 2 is 1.96 bits per heavy atom. The van der Waals surface area contributed by atoms with E-state index in [9.17, 15) is 9.90 Å². The lowest BCUT2D eigenvalue weighted by molar-refractivity contribution is -0.176. The molecule has 0 amide bonds. The Bertz CT molecular complexity index is 813. The van der Waals surface area contributed by atoms with Crippen molar-refractivity contribution in [1.29, 1.82) is 0 Å². The molecule has 0 radical (unpaired) electrons. The molecule has 25 heavy (non-hydrogen) atoms. The molecule has 1 spiro atoms. The van der Waals surface area contributed by atoms with Crippen LogP contribution in [0.25, 0.3) is 11.3 Å².